The molecule has 3 heteroatoms. The lowest BCUT2D eigenvalue weighted by atomic mass is 9.69. The number of anilines is 1. The second-order valence-electron chi connectivity index (χ2n) is 5.25. The van der Waals surface area contributed by atoms with Crippen LogP contribution in [0.4, 0.5) is 5.69 Å². The highest BCUT2D eigenvalue weighted by molar-refractivity contribution is 5.58. The highest BCUT2D eigenvalue weighted by atomic mass is 16.5. The van der Waals surface area contributed by atoms with Gasteiger partial charge >= 0.3 is 0 Å². The van der Waals surface area contributed by atoms with Crippen LogP contribution < -0.4 is 10.1 Å². The van der Waals surface area contributed by atoms with Crippen LogP contribution in [0.15, 0.2) is 18.2 Å². The lowest BCUT2D eigenvalue weighted by Gasteiger charge is -2.40. The van der Waals surface area contributed by atoms with Gasteiger partial charge in [-0.25, -0.2) is 0 Å². The lowest BCUT2D eigenvalue weighted by molar-refractivity contribution is 0.0576. The minimum absolute atomic E-state index is 0.0905. The molecular weight excluding hydrogens is 226 g/mol. The van der Waals surface area contributed by atoms with Crippen molar-refractivity contribution in [3.8, 4) is 5.75 Å². The van der Waals surface area contributed by atoms with Gasteiger partial charge in [0.1, 0.15) is 5.75 Å². The minimum Gasteiger partial charge on any atom is -0.495 e. The molecule has 0 radical (unpaired) electrons. The number of benzene rings is 1. The second kappa shape index (κ2) is 5.61. The minimum atomic E-state index is 0.0905. The molecule has 1 aliphatic rings. The first-order chi connectivity index (χ1) is 8.73. The van der Waals surface area contributed by atoms with E-state index in [4.69, 9.17) is 4.74 Å². The Hall–Kier alpha value is -1.22. The maximum atomic E-state index is 9.47. The predicted molar refractivity (Wildman–Crippen MR) is 74.2 cm³/mol. The van der Waals surface area contributed by atoms with E-state index in [1.807, 2.05) is 6.07 Å². The van der Waals surface area contributed by atoms with E-state index in [1.54, 1.807) is 7.11 Å². The fraction of sp³-hybridized carbons (Fsp3) is 0.600. The first kappa shape index (κ1) is 13.2. The third-order valence-corrected chi connectivity index (χ3v) is 4.08. The number of ether oxygens (including phenoxy) is 1. The monoisotopic (exact) mass is 249 g/mol. The van der Waals surface area contributed by atoms with Gasteiger partial charge in [0.2, 0.25) is 0 Å². The molecular formula is C15H23NO2. The van der Waals surface area contributed by atoms with Crippen LogP contribution in [0.1, 0.15) is 31.7 Å². The van der Waals surface area contributed by atoms with Crippen LogP contribution in [-0.2, 0) is 6.42 Å². The molecule has 0 amide bonds. The summed E-state index contributed by atoms with van der Waals surface area (Å²) in [6.07, 6.45) is 4.48. The summed E-state index contributed by atoms with van der Waals surface area (Å²) in [5, 5.41) is 12.9. The topological polar surface area (TPSA) is 41.5 Å². The van der Waals surface area contributed by atoms with E-state index in [2.05, 4.69) is 24.4 Å². The third kappa shape index (κ3) is 2.61. The molecule has 2 rings (SSSR count). The molecule has 1 aliphatic carbocycles. The van der Waals surface area contributed by atoms with Gasteiger partial charge in [0.15, 0.2) is 0 Å². The average Bonchev–Trinajstić information content (AvgIpc) is 2.37. The summed E-state index contributed by atoms with van der Waals surface area (Å²) in [6, 6.07) is 6.24. The standard InChI is InChI=1S/C15H23NO2/c1-3-12-5-6-14(18-2)13(9-12)16-10-15(11-17)7-4-8-15/h5-6,9,16-17H,3-4,7-8,10-11H2,1-2H3. The van der Waals surface area contributed by atoms with E-state index in [9.17, 15) is 5.11 Å². The maximum absolute atomic E-state index is 9.47. The normalized spacial score (nSPS) is 17.1. The smallest absolute Gasteiger partial charge is 0.141 e. The molecule has 0 spiro atoms. The predicted octanol–water partition coefficient (Wildman–Crippen LogP) is 2.83. The van der Waals surface area contributed by atoms with Crippen LogP contribution in [0, 0.1) is 5.41 Å². The number of aliphatic hydroxyl groups excluding tert-OH is 1. The number of aliphatic hydroxyl groups is 1. The summed E-state index contributed by atoms with van der Waals surface area (Å²) in [5.41, 5.74) is 2.43. The molecule has 1 aromatic rings. The van der Waals surface area contributed by atoms with Crippen LogP contribution in [0.2, 0.25) is 0 Å². The van der Waals surface area contributed by atoms with Crippen molar-refractivity contribution in [3.05, 3.63) is 23.8 Å². The van der Waals surface area contributed by atoms with Crippen LogP contribution in [0.3, 0.4) is 0 Å². The van der Waals surface area contributed by atoms with Gasteiger partial charge in [-0.2, -0.15) is 0 Å². The fourth-order valence-electron chi connectivity index (χ4n) is 2.46. The first-order valence-electron chi connectivity index (χ1n) is 6.75. The molecule has 18 heavy (non-hydrogen) atoms. The second-order valence-corrected chi connectivity index (χ2v) is 5.25. The number of methoxy groups -OCH3 is 1. The van der Waals surface area contributed by atoms with Gasteiger partial charge < -0.3 is 15.2 Å². The number of hydrogen-bond acceptors (Lipinski definition) is 3. The SMILES string of the molecule is CCc1ccc(OC)c(NCC2(CO)CCC2)c1. The van der Waals surface area contributed by atoms with Crippen molar-refractivity contribution < 1.29 is 9.84 Å². The third-order valence-electron chi connectivity index (χ3n) is 4.08. The Labute approximate surface area is 109 Å². The van der Waals surface area contributed by atoms with Gasteiger partial charge in [-0.15, -0.1) is 0 Å². The number of rotatable bonds is 6. The van der Waals surface area contributed by atoms with Crippen molar-refractivity contribution in [2.75, 3.05) is 25.6 Å². The average molecular weight is 249 g/mol. The molecule has 1 fully saturated rings. The van der Waals surface area contributed by atoms with E-state index in [0.29, 0.717) is 0 Å². The zero-order valence-corrected chi connectivity index (χ0v) is 11.3. The van der Waals surface area contributed by atoms with Gasteiger partial charge in [0.25, 0.3) is 0 Å². The molecule has 0 saturated heterocycles. The van der Waals surface area contributed by atoms with Crippen molar-refractivity contribution in [2.45, 2.75) is 32.6 Å². The Morgan fingerprint density at radius 1 is 1.39 bits per heavy atom. The molecule has 0 aromatic heterocycles. The first-order valence-corrected chi connectivity index (χ1v) is 6.75. The van der Waals surface area contributed by atoms with E-state index < -0.39 is 0 Å². The Kier molecular flexibility index (Phi) is 4.12. The fourth-order valence-corrected chi connectivity index (χ4v) is 2.46. The summed E-state index contributed by atoms with van der Waals surface area (Å²) in [7, 11) is 1.69. The van der Waals surface area contributed by atoms with E-state index in [-0.39, 0.29) is 12.0 Å². The number of nitrogens with one attached hydrogen (secondary N) is 1. The summed E-state index contributed by atoms with van der Waals surface area (Å²) in [6.45, 7) is 3.25. The van der Waals surface area contributed by atoms with Gasteiger partial charge in [-0.05, 0) is 37.0 Å². The Morgan fingerprint density at radius 2 is 2.17 bits per heavy atom. The van der Waals surface area contributed by atoms with E-state index in [0.717, 1.165) is 37.2 Å². The molecule has 3 nitrogen and oxygen atoms in total. The summed E-state index contributed by atoms with van der Waals surface area (Å²) >= 11 is 0. The summed E-state index contributed by atoms with van der Waals surface area (Å²) in [4.78, 5) is 0. The quantitative estimate of drug-likeness (QED) is 0.814. The van der Waals surface area contributed by atoms with Gasteiger partial charge in [-0.3, -0.25) is 0 Å². The molecule has 0 heterocycles. The van der Waals surface area contributed by atoms with Crippen molar-refractivity contribution in [1.82, 2.24) is 0 Å². The highest BCUT2D eigenvalue weighted by Crippen LogP contribution is 2.41. The lowest BCUT2D eigenvalue weighted by Crippen LogP contribution is -2.39. The van der Waals surface area contributed by atoms with Gasteiger partial charge in [0.05, 0.1) is 19.4 Å². The summed E-state index contributed by atoms with van der Waals surface area (Å²) in [5.74, 6) is 0.875. The Balaban J connectivity index is 2.07. The Bertz CT molecular complexity index is 394. The van der Waals surface area contributed by atoms with E-state index in [1.165, 1.54) is 12.0 Å². The molecule has 1 aromatic carbocycles. The molecule has 1 saturated carbocycles. The number of aryl methyl sites for hydroxylation is 1. The van der Waals surface area contributed by atoms with Crippen molar-refractivity contribution in [3.63, 3.8) is 0 Å². The highest BCUT2D eigenvalue weighted by Gasteiger charge is 2.36. The van der Waals surface area contributed by atoms with Crippen LogP contribution in [0.25, 0.3) is 0 Å². The molecule has 0 unspecified atom stereocenters. The molecule has 2 N–H and O–H groups in total. The van der Waals surface area contributed by atoms with Gasteiger partial charge in [0, 0.05) is 12.0 Å². The molecule has 0 atom stereocenters. The van der Waals surface area contributed by atoms with Crippen LogP contribution in [0.5, 0.6) is 5.75 Å². The van der Waals surface area contributed by atoms with Crippen molar-refractivity contribution in [2.24, 2.45) is 5.41 Å². The molecule has 100 valence electrons. The number of hydrogen-bond donors (Lipinski definition) is 2. The van der Waals surface area contributed by atoms with Gasteiger partial charge in [-0.1, -0.05) is 19.4 Å². The molecule has 0 aliphatic heterocycles. The van der Waals surface area contributed by atoms with E-state index >= 15 is 0 Å². The molecule has 0 bridgehead atoms. The van der Waals surface area contributed by atoms with Crippen molar-refractivity contribution in [1.29, 1.82) is 0 Å². The maximum Gasteiger partial charge on any atom is 0.141 e. The summed E-state index contributed by atoms with van der Waals surface area (Å²) < 4.78 is 5.37. The van der Waals surface area contributed by atoms with Crippen molar-refractivity contribution >= 4 is 5.69 Å². The zero-order valence-electron chi connectivity index (χ0n) is 11.3. The zero-order chi connectivity index (χ0) is 13.0. The Morgan fingerprint density at radius 3 is 2.67 bits per heavy atom. The van der Waals surface area contributed by atoms with Crippen LogP contribution >= 0.6 is 0 Å². The van der Waals surface area contributed by atoms with Crippen LogP contribution in [-0.4, -0.2) is 25.4 Å². The largest absolute Gasteiger partial charge is 0.495 e.